The molecule has 0 fully saturated rings. The van der Waals surface area contributed by atoms with Crippen molar-refractivity contribution < 1.29 is 10.2 Å². The van der Waals surface area contributed by atoms with Crippen molar-refractivity contribution >= 4 is 0 Å². The van der Waals surface area contributed by atoms with Gasteiger partial charge < -0.3 is 10.2 Å². The summed E-state index contributed by atoms with van der Waals surface area (Å²) in [7, 11) is 0. The zero-order valence-electron chi connectivity index (χ0n) is 12.8. The van der Waals surface area contributed by atoms with Crippen molar-refractivity contribution in [1.29, 1.82) is 0 Å². The van der Waals surface area contributed by atoms with E-state index in [0.29, 0.717) is 6.42 Å². The quantitative estimate of drug-likeness (QED) is 0.580. The molecule has 0 saturated heterocycles. The van der Waals surface area contributed by atoms with E-state index in [0.717, 1.165) is 18.4 Å². The highest BCUT2D eigenvalue weighted by Crippen LogP contribution is 2.20. The maximum absolute atomic E-state index is 10.0. The summed E-state index contributed by atoms with van der Waals surface area (Å²) in [5.74, 6) is 0. The van der Waals surface area contributed by atoms with E-state index in [1.807, 2.05) is 30.3 Å². The van der Waals surface area contributed by atoms with Crippen LogP contribution in [0.25, 0.3) is 0 Å². The van der Waals surface area contributed by atoms with E-state index < -0.39 is 12.2 Å². The van der Waals surface area contributed by atoms with Gasteiger partial charge in [0.05, 0.1) is 6.10 Å². The second-order valence-electron chi connectivity index (χ2n) is 5.69. The molecule has 0 heterocycles. The van der Waals surface area contributed by atoms with Gasteiger partial charge in [0.2, 0.25) is 0 Å². The van der Waals surface area contributed by atoms with E-state index in [9.17, 15) is 10.2 Å². The summed E-state index contributed by atoms with van der Waals surface area (Å²) >= 11 is 0. The highest BCUT2D eigenvalue weighted by molar-refractivity contribution is 5.18. The summed E-state index contributed by atoms with van der Waals surface area (Å²) < 4.78 is 0. The van der Waals surface area contributed by atoms with Crippen LogP contribution < -0.4 is 0 Å². The van der Waals surface area contributed by atoms with E-state index >= 15 is 0 Å². The molecule has 2 heteroatoms. The number of unbranched alkanes of at least 4 members (excludes halogenated alkanes) is 7. The van der Waals surface area contributed by atoms with Gasteiger partial charge in [0, 0.05) is 0 Å². The molecule has 2 nitrogen and oxygen atoms in total. The molecule has 0 radical (unpaired) electrons. The first kappa shape index (κ1) is 17.2. The van der Waals surface area contributed by atoms with E-state index in [-0.39, 0.29) is 0 Å². The molecule has 0 aliphatic heterocycles. The van der Waals surface area contributed by atoms with Gasteiger partial charge in [-0.2, -0.15) is 0 Å². The summed E-state index contributed by atoms with van der Waals surface area (Å²) in [6.45, 7) is 2.24. The lowest BCUT2D eigenvalue weighted by molar-refractivity contribution is 0.0120. The molecule has 0 aliphatic carbocycles. The van der Waals surface area contributed by atoms with Gasteiger partial charge in [-0.3, -0.25) is 0 Å². The summed E-state index contributed by atoms with van der Waals surface area (Å²) in [4.78, 5) is 0. The van der Waals surface area contributed by atoms with Crippen LogP contribution in [0.3, 0.4) is 0 Å². The van der Waals surface area contributed by atoms with Gasteiger partial charge >= 0.3 is 0 Å². The fraction of sp³-hybridized carbons (Fsp3) is 0.667. The van der Waals surface area contributed by atoms with Gasteiger partial charge in [-0.1, -0.05) is 88.6 Å². The molecule has 1 rings (SSSR count). The predicted octanol–water partition coefficient (Wildman–Crippen LogP) is 4.61. The molecule has 0 spiro atoms. The third-order valence-corrected chi connectivity index (χ3v) is 3.86. The average molecular weight is 278 g/mol. The van der Waals surface area contributed by atoms with E-state index in [1.54, 1.807) is 0 Å². The minimum Gasteiger partial charge on any atom is -0.390 e. The molecule has 0 saturated carbocycles. The molecule has 0 bridgehead atoms. The second kappa shape index (κ2) is 10.9. The first-order chi connectivity index (χ1) is 9.75. The lowest BCUT2D eigenvalue weighted by Crippen LogP contribution is -2.17. The van der Waals surface area contributed by atoms with Gasteiger partial charge in [0.15, 0.2) is 0 Å². The Labute approximate surface area is 123 Å². The van der Waals surface area contributed by atoms with Crippen LogP contribution in [0.5, 0.6) is 0 Å². The van der Waals surface area contributed by atoms with Crippen molar-refractivity contribution in [2.75, 3.05) is 0 Å². The zero-order valence-corrected chi connectivity index (χ0v) is 12.8. The Morgan fingerprint density at radius 2 is 1.35 bits per heavy atom. The molecular formula is C18H30O2. The monoisotopic (exact) mass is 278 g/mol. The maximum Gasteiger partial charge on any atom is 0.105 e. The second-order valence-corrected chi connectivity index (χ2v) is 5.69. The third kappa shape index (κ3) is 7.06. The summed E-state index contributed by atoms with van der Waals surface area (Å²) in [6, 6.07) is 9.42. The van der Waals surface area contributed by atoms with Gasteiger partial charge in [0.25, 0.3) is 0 Å². The Morgan fingerprint density at radius 1 is 0.800 bits per heavy atom. The Hall–Kier alpha value is -0.860. The van der Waals surface area contributed by atoms with Crippen molar-refractivity contribution in [3.8, 4) is 0 Å². The molecule has 1 aromatic rings. The lowest BCUT2D eigenvalue weighted by atomic mass is 9.99. The fourth-order valence-corrected chi connectivity index (χ4v) is 2.52. The summed E-state index contributed by atoms with van der Waals surface area (Å²) in [6.07, 6.45) is 9.34. The third-order valence-electron chi connectivity index (χ3n) is 3.86. The van der Waals surface area contributed by atoms with Crippen molar-refractivity contribution in [2.24, 2.45) is 0 Å². The van der Waals surface area contributed by atoms with Crippen LogP contribution >= 0.6 is 0 Å². The fourth-order valence-electron chi connectivity index (χ4n) is 2.52. The molecule has 1 aromatic carbocycles. The molecule has 0 aromatic heterocycles. The summed E-state index contributed by atoms with van der Waals surface area (Å²) in [5.41, 5.74) is 0.805. The Morgan fingerprint density at radius 3 is 1.95 bits per heavy atom. The first-order valence-electron chi connectivity index (χ1n) is 8.16. The molecule has 0 aliphatic rings. The Kier molecular flexibility index (Phi) is 9.35. The van der Waals surface area contributed by atoms with E-state index in [1.165, 1.54) is 38.5 Å². The Bertz CT molecular complexity index is 323. The van der Waals surface area contributed by atoms with Crippen molar-refractivity contribution in [1.82, 2.24) is 0 Å². The molecular weight excluding hydrogens is 248 g/mol. The molecule has 20 heavy (non-hydrogen) atoms. The zero-order chi connectivity index (χ0) is 14.6. The molecule has 0 amide bonds. The number of hydrogen-bond donors (Lipinski definition) is 2. The topological polar surface area (TPSA) is 40.5 Å². The lowest BCUT2D eigenvalue weighted by Gasteiger charge is -2.18. The molecule has 114 valence electrons. The van der Waals surface area contributed by atoms with Crippen LogP contribution in [0.4, 0.5) is 0 Å². The number of aliphatic hydroxyl groups is 2. The van der Waals surface area contributed by atoms with Gasteiger partial charge in [0.1, 0.15) is 6.10 Å². The van der Waals surface area contributed by atoms with E-state index in [4.69, 9.17) is 0 Å². The van der Waals surface area contributed by atoms with E-state index in [2.05, 4.69) is 6.92 Å². The van der Waals surface area contributed by atoms with Crippen molar-refractivity contribution in [3.63, 3.8) is 0 Å². The van der Waals surface area contributed by atoms with Gasteiger partial charge in [-0.25, -0.2) is 0 Å². The summed E-state index contributed by atoms with van der Waals surface area (Å²) in [5, 5.41) is 20.0. The van der Waals surface area contributed by atoms with Crippen LogP contribution in [0.1, 0.15) is 76.4 Å². The first-order valence-corrected chi connectivity index (χ1v) is 8.16. The number of hydrogen-bond acceptors (Lipinski definition) is 2. The molecule has 2 unspecified atom stereocenters. The number of benzene rings is 1. The van der Waals surface area contributed by atoms with Crippen molar-refractivity contribution in [3.05, 3.63) is 35.9 Å². The minimum atomic E-state index is -0.749. The van der Waals surface area contributed by atoms with Crippen LogP contribution in [-0.2, 0) is 0 Å². The standard InChI is InChI=1S/C18H30O2/c1-2-3-4-5-6-7-8-12-15-17(19)18(20)16-13-10-9-11-14-16/h9-11,13-14,17-20H,2-8,12,15H2,1H3. The van der Waals surface area contributed by atoms with Crippen LogP contribution in [0.15, 0.2) is 30.3 Å². The van der Waals surface area contributed by atoms with Crippen molar-refractivity contribution in [2.45, 2.75) is 76.9 Å². The predicted molar refractivity (Wildman–Crippen MR) is 84.6 cm³/mol. The molecule has 2 atom stereocenters. The number of aliphatic hydroxyl groups excluding tert-OH is 2. The van der Waals surface area contributed by atoms with Crippen LogP contribution in [0.2, 0.25) is 0 Å². The van der Waals surface area contributed by atoms with Crippen LogP contribution in [-0.4, -0.2) is 16.3 Å². The largest absolute Gasteiger partial charge is 0.390 e. The minimum absolute atomic E-state index is 0.641. The highest BCUT2D eigenvalue weighted by atomic mass is 16.3. The maximum atomic E-state index is 10.0. The average Bonchev–Trinajstić information content (AvgIpc) is 2.50. The van der Waals surface area contributed by atoms with Crippen LogP contribution in [0, 0.1) is 0 Å². The van der Waals surface area contributed by atoms with Gasteiger partial charge in [-0.15, -0.1) is 0 Å². The SMILES string of the molecule is CCCCCCCCCCC(O)C(O)c1ccccc1. The molecule has 2 N–H and O–H groups in total. The van der Waals surface area contributed by atoms with Gasteiger partial charge in [-0.05, 0) is 12.0 Å². The number of rotatable bonds is 11. The highest BCUT2D eigenvalue weighted by Gasteiger charge is 2.17. The normalized spacial score (nSPS) is 14.2. The smallest absolute Gasteiger partial charge is 0.105 e. The Balaban J connectivity index is 2.07.